The Morgan fingerprint density at radius 2 is 2.07 bits per heavy atom. The summed E-state index contributed by atoms with van der Waals surface area (Å²) in [6, 6.07) is 6.21. The maximum atomic E-state index is 12.9. The molecule has 0 radical (unpaired) electrons. The molecule has 0 fully saturated rings. The van der Waals surface area contributed by atoms with Gasteiger partial charge in [0.05, 0.1) is 17.4 Å². The summed E-state index contributed by atoms with van der Waals surface area (Å²) in [5.41, 5.74) is 2.28. The number of nitrogens with zero attached hydrogens (tertiary/aromatic N) is 5. The van der Waals surface area contributed by atoms with E-state index in [1.807, 2.05) is 29.8 Å². The monoisotopic (exact) mass is 418 g/mol. The van der Waals surface area contributed by atoms with E-state index in [-0.39, 0.29) is 11.7 Å². The average molecular weight is 418 g/mol. The van der Waals surface area contributed by atoms with Crippen molar-refractivity contribution in [1.82, 2.24) is 29.9 Å². The number of rotatable bonds is 4. The van der Waals surface area contributed by atoms with Crippen molar-refractivity contribution in [2.75, 3.05) is 0 Å². The Balaban J connectivity index is 1.59. The van der Waals surface area contributed by atoms with Crippen LogP contribution in [0.3, 0.4) is 0 Å². The summed E-state index contributed by atoms with van der Waals surface area (Å²) >= 11 is 0. The quantitative estimate of drug-likeness (QED) is 0.703. The number of hydrogen-bond donors (Lipinski definition) is 1. The van der Waals surface area contributed by atoms with Crippen LogP contribution in [0.25, 0.3) is 11.3 Å². The van der Waals surface area contributed by atoms with Crippen molar-refractivity contribution in [2.24, 2.45) is 7.05 Å². The number of halogens is 3. The van der Waals surface area contributed by atoms with Gasteiger partial charge in [-0.05, 0) is 37.5 Å². The Kier molecular flexibility index (Phi) is 5.08. The van der Waals surface area contributed by atoms with E-state index in [0.29, 0.717) is 6.42 Å². The van der Waals surface area contributed by atoms with E-state index in [1.54, 1.807) is 6.20 Å². The fourth-order valence-corrected chi connectivity index (χ4v) is 3.65. The first-order valence-electron chi connectivity index (χ1n) is 9.71. The van der Waals surface area contributed by atoms with Crippen molar-refractivity contribution in [1.29, 1.82) is 0 Å². The number of carbonyl (C=O) groups is 1. The number of nitrogens with one attached hydrogen (secondary N) is 1. The molecule has 0 aromatic carbocycles. The number of hydrogen-bond acceptors (Lipinski definition) is 4. The van der Waals surface area contributed by atoms with E-state index in [0.717, 1.165) is 52.8 Å². The zero-order valence-electron chi connectivity index (χ0n) is 16.6. The molecule has 0 unspecified atom stereocenters. The van der Waals surface area contributed by atoms with Crippen molar-refractivity contribution >= 4 is 5.91 Å². The molecule has 1 amide bonds. The molecule has 3 aromatic heterocycles. The number of alkyl halides is 3. The van der Waals surface area contributed by atoms with Gasteiger partial charge in [0, 0.05) is 37.1 Å². The zero-order chi connectivity index (χ0) is 21.5. The van der Waals surface area contributed by atoms with E-state index in [4.69, 9.17) is 0 Å². The van der Waals surface area contributed by atoms with E-state index in [2.05, 4.69) is 20.5 Å². The maximum absolute atomic E-state index is 12.9. The van der Waals surface area contributed by atoms with Crippen LogP contribution in [0.5, 0.6) is 0 Å². The number of amides is 1. The van der Waals surface area contributed by atoms with Gasteiger partial charge in [-0.2, -0.15) is 23.4 Å². The van der Waals surface area contributed by atoms with Gasteiger partial charge < -0.3 is 5.32 Å². The minimum absolute atomic E-state index is 0.138. The van der Waals surface area contributed by atoms with Crippen molar-refractivity contribution in [2.45, 2.75) is 44.9 Å². The van der Waals surface area contributed by atoms with Gasteiger partial charge in [-0.3, -0.25) is 19.1 Å². The minimum atomic E-state index is -4.60. The number of fused-ring (bicyclic) bond motifs is 1. The van der Waals surface area contributed by atoms with Gasteiger partial charge in [0.2, 0.25) is 0 Å². The molecular formula is C20H21F3N6O. The summed E-state index contributed by atoms with van der Waals surface area (Å²) < 4.78 is 41.5. The van der Waals surface area contributed by atoms with Gasteiger partial charge in [-0.1, -0.05) is 6.92 Å². The van der Waals surface area contributed by atoms with Crippen LogP contribution in [-0.2, 0) is 26.2 Å². The molecule has 0 aliphatic carbocycles. The summed E-state index contributed by atoms with van der Waals surface area (Å²) in [6.45, 7) is 2.75. The minimum Gasteiger partial charge on any atom is -0.342 e. The third kappa shape index (κ3) is 3.81. The topological polar surface area (TPSA) is 77.6 Å². The van der Waals surface area contributed by atoms with Crippen LogP contribution in [-0.4, -0.2) is 30.5 Å². The number of pyridine rings is 1. The van der Waals surface area contributed by atoms with Crippen LogP contribution in [0.4, 0.5) is 13.2 Å². The van der Waals surface area contributed by atoms with E-state index >= 15 is 0 Å². The molecule has 158 valence electrons. The molecule has 0 spiro atoms. The second-order valence-corrected chi connectivity index (χ2v) is 7.27. The lowest BCUT2D eigenvalue weighted by Gasteiger charge is -2.24. The summed E-state index contributed by atoms with van der Waals surface area (Å²) in [5.74, 6) is -0.598. The highest BCUT2D eigenvalue weighted by molar-refractivity contribution is 5.93. The molecule has 4 rings (SSSR count). The first-order valence-corrected chi connectivity index (χ1v) is 9.71. The lowest BCUT2D eigenvalue weighted by molar-refractivity contribution is -0.141. The Morgan fingerprint density at radius 3 is 2.77 bits per heavy atom. The van der Waals surface area contributed by atoms with Crippen molar-refractivity contribution in [3.63, 3.8) is 0 Å². The Hall–Kier alpha value is -3.17. The lowest BCUT2D eigenvalue weighted by atomic mass is 10.0. The molecule has 1 atom stereocenters. The molecule has 1 aliphatic rings. The number of aromatic nitrogens is 5. The summed E-state index contributed by atoms with van der Waals surface area (Å²) in [5, 5.41) is 10.9. The first kappa shape index (κ1) is 20.1. The van der Waals surface area contributed by atoms with Crippen molar-refractivity contribution < 1.29 is 18.0 Å². The SMILES string of the molecule is CCc1cc(-c2cc3n(n2)CCC[C@@H]3NC(=O)c2cc(C(F)(F)F)nn2C)ccn1. The van der Waals surface area contributed by atoms with Gasteiger partial charge in [0.1, 0.15) is 5.69 Å². The fraction of sp³-hybridized carbons (Fsp3) is 0.400. The number of aryl methyl sites for hydroxylation is 3. The molecule has 0 bridgehead atoms. The van der Waals surface area contributed by atoms with Crippen LogP contribution in [0.1, 0.15) is 53.4 Å². The van der Waals surface area contributed by atoms with Crippen LogP contribution < -0.4 is 5.32 Å². The summed E-state index contributed by atoms with van der Waals surface area (Å²) in [6.07, 6.45) is -0.570. The van der Waals surface area contributed by atoms with Gasteiger partial charge in [0.15, 0.2) is 5.69 Å². The van der Waals surface area contributed by atoms with E-state index in [9.17, 15) is 18.0 Å². The van der Waals surface area contributed by atoms with E-state index in [1.165, 1.54) is 7.05 Å². The molecule has 0 saturated carbocycles. The predicted molar refractivity (Wildman–Crippen MR) is 102 cm³/mol. The van der Waals surface area contributed by atoms with Crippen LogP contribution in [0.15, 0.2) is 30.5 Å². The fourth-order valence-electron chi connectivity index (χ4n) is 3.65. The maximum Gasteiger partial charge on any atom is 0.435 e. The molecule has 1 N–H and O–H groups in total. The molecule has 10 heteroatoms. The predicted octanol–water partition coefficient (Wildman–Crippen LogP) is 3.52. The highest BCUT2D eigenvalue weighted by atomic mass is 19.4. The Morgan fingerprint density at radius 1 is 1.27 bits per heavy atom. The molecule has 0 saturated heterocycles. The second-order valence-electron chi connectivity index (χ2n) is 7.27. The lowest BCUT2D eigenvalue weighted by Crippen LogP contribution is -2.33. The van der Waals surface area contributed by atoms with Crippen LogP contribution in [0, 0.1) is 0 Å². The molecule has 1 aliphatic heterocycles. The third-order valence-corrected chi connectivity index (χ3v) is 5.21. The standard InChI is InChI=1S/C20H21F3N6O/c1-3-13-9-12(6-7-24-13)15-10-16-14(5-4-8-29(16)26-15)25-19(30)17-11-18(20(21,22)23)27-28(17)2/h6-7,9-11,14H,3-5,8H2,1-2H3,(H,25,30)/t14-/m0/s1. The average Bonchev–Trinajstić information content (AvgIpc) is 3.32. The summed E-state index contributed by atoms with van der Waals surface area (Å²) in [4.78, 5) is 17.0. The zero-order valence-corrected chi connectivity index (χ0v) is 16.6. The molecule has 4 heterocycles. The van der Waals surface area contributed by atoms with Gasteiger partial charge >= 0.3 is 6.18 Å². The van der Waals surface area contributed by atoms with Crippen molar-refractivity contribution in [3.8, 4) is 11.3 Å². The molecule has 3 aromatic rings. The summed E-state index contributed by atoms with van der Waals surface area (Å²) in [7, 11) is 1.32. The van der Waals surface area contributed by atoms with Gasteiger partial charge in [-0.25, -0.2) is 0 Å². The molecule has 7 nitrogen and oxygen atoms in total. The third-order valence-electron chi connectivity index (χ3n) is 5.21. The van der Waals surface area contributed by atoms with Gasteiger partial charge in [-0.15, -0.1) is 0 Å². The highest BCUT2D eigenvalue weighted by Crippen LogP contribution is 2.31. The smallest absolute Gasteiger partial charge is 0.342 e. The molecule has 30 heavy (non-hydrogen) atoms. The normalized spacial score (nSPS) is 16.4. The first-order chi connectivity index (χ1) is 14.3. The largest absolute Gasteiger partial charge is 0.435 e. The van der Waals surface area contributed by atoms with E-state index < -0.39 is 17.8 Å². The Labute approximate surface area is 170 Å². The number of carbonyl (C=O) groups excluding carboxylic acids is 1. The van der Waals surface area contributed by atoms with Gasteiger partial charge in [0.25, 0.3) is 5.91 Å². The second kappa shape index (κ2) is 7.58. The molecular weight excluding hydrogens is 397 g/mol. The van der Waals surface area contributed by atoms with Crippen molar-refractivity contribution in [3.05, 3.63) is 53.2 Å². The Bertz CT molecular complexity index is 1080. The van der Waals surface area contributed by atoms with Crippen LogP contribution >= 0.6 is 0 Å². The van der Waals surface area contributed by atoms with Crippen LogP contribution in [0.2, 0.25) is 0 Å². The highest BCUT2D eigenvalue weighted by Gasteiger charge is 2.36.